The molecule has 3 fully saturated rings. The first-order valence-corrected chi connectivity index (χ1v) is 7.85. The third-order valence-corrected chi connectivity index (χ3v) is 5.35. The molecule has 19 heavy (non-hydrogen) atoms. The van der Waals surface area contributed by atoms with Gasteiger partial charge < -0.3 is 9.47 Å². The Bertz CT molecular complexity index is 510. The van der Waals surface area contributed by atoms with E-state index >= 15 is 0 Å². The summed E-state index contributed by atoms with van der Waals surface area (Å²) in [7, 11) is 1.81. The molecular formula is C12H16IN3O3. The molecule has 3 aliphatic rings. The van der Waals surface area contributed by atoms with Crippen molar-refractivity contribution in [3.63, 3.8) is 0 Å². The highest BCUT2D eigenvalue weighted by molar-refractivity contribution is 14.1. The molecule has 0 spiro atoms. The van der Waals surface area contributed by atoms with Crippen LogP contribution in [0.5, 0.6) is 0 Å². The van der Waals surface area contributed by atoms with Gasteiger partial charge in [0.25, 0.3) is 0 Å². The fourth-order valence-electron chi connectivity index (χ4n) is 3.21. The van der Waals surface area contributed by atoms with Crippen LogP contribution in [-0.4, -0.2) is 37.6 Å². The summed E-state index contributed by atoms with van der Waals surface area (Å²) in [6.45, 7) is 2.22. The van der Waals surface area contributed by atoms with Crippen LogP contribution in [0.25, 0.3) is 0 Å². The van der Waals surface area contributed by atoms with Crippen LogP contribution in [0.3, 0.4) is 0 Å². The molecule has 2 bridgehead atoms. The molecule has 0 N–H and O–H groups in total. The number of carbonyl (C=O) groups is 1. The van der Waals surface area contributed by atoms with Crippen molar-refractivity contribution in [2.45, 2.75) is 31.5 Å². The number of alkyl halides is 1. The summed E-state index contributed by atoms with van der Waals surface area (Å²) >= 11 is 2.31. The Kier molecular flexibility index (Phi) is 3.08. The summed E-state index contributed by atoms with van der Waals surface area (Å²) in [5.74, 6) is -0.163. The normalized spacial score (nSPS) is 36.1. The number of esters is 1. The number of aromatic nitrogens is 3. The number of ether oxygens (including phenoxy) is 2. The first-order valence-electron chi connectivity index (χ1n) is 6.32. The maximum atomic E-state index is 12.3. The molecule has 2 saturated heterocycles. The lowest BCUT2D eigenvalue weighted by atomic mass is 9.60. The monoisotopic (exact) mass is 377 g/mol. The standard InChI is InChI=1S/C12H16IN3O3/c1-3-18-10(17)12-5-11(6-12,7-13)19-9(12)8-4-16(2)15-14-8/h4,9H,3,5-7H2,1-2H3. The second-order valence-electron chi connectivity index (χ2n) is 5.36. The summed E-state index contributed by atoms with van der Waals surface area (Å²) in [4.78, 5) is 12.3. The Morgan fingerprint density at radius 3 is 2.95 bits per heavy atom. The Hall–Kier alpha value is -0.700. The van der Waals surface area contributed by atoms with E-state index in [-0.39, 0.29) is 17.7 Å². The zero-order chi connectivity index (χ0) is 13.7. The molecule has 0 aromatic carbocycles. The molecule has 2 aliphatic heterocycles. The summed E-state index contributed by atoms with van der Waals surface area (Å²) in [6.07, 6.45) is 2.94. The van der Waals surface area contributed by atoms with E-state index in [2.05, 4.69) is 32.9 Å². The quantitative estimate of drug-likeness (QED) is 0.451. The number of halogens is 1. The number of hydrogen-bond acceptors (Lipinski definition) is 5. The van der Waals surface area contributed by atoms with Gasteiger partial charge >= 0.3 is 5.97 Å². The Morgan fingerprint density at radius 2 is 2.42 bits per heavy atom. The largest absolute Gasteiger partial charge is 0.465 e. The first-order chi connectivity index (χ1) is 9.05. The molecule has 1 unspecified atom stereocenters. The average Bonchev–Trinajstić information content (AvgIpc) is 2.98. The number of nitrogens with zero attached hydrogens (tertiary/aromatic N) is 3. The predicted molar refractivity (Wildman–Crippen MR) is 74.7 cm³/mol. The van der Waals surface area contributed by atoms with Crippen molar-refractivity contribution < 1.29 is 14.3 Å². The van der Waals surface area contributed by atoms with E-state index in [1.165, 1.54) is 0 Å². The molecule has 1 aliphatic carbocycles. The van der Waals surface area contributed by atoms with Gasteiger partial charge in [-0.1, -0.05) is 27.8 Å². The van der Waals surface area contributed by atoms with Crippen LogP contribution in [0.2, 0.25) is 0 Å². The zero-order valence-electron chi connectivity index (χ0n) is 10.9. The molecule has 104 valence electrons. The van der Waals surface area contributed by atoms with Gasteiger partial charge in [0, 0.05) is 11.5 Å². The van der Waals surface area contributed by atoms with Crippen LogP contribution in [0.1, 0.15) is 31.6 Å². The molecule has 1 saturated carbocycles. The molecule has 0 amide bonds. The number of aryl methyl sites for hydroxylation is 1. The molecule has 6 nitrogen and oxygen atoms in total. The van der Waals surface area contributed by atoms with E-state index in [0.717, 1.165) is 23.0 Å². The Balaban J connectivity index is 1.92. The SMILES string of the molecule is CCOC(=O)C12CC(CI)(C1)OC2c1cn(C)nn1. The van der Waals surface area contributed by atoms with Crippen molar-refractivity contribution in [1.29, 1.82) is 0 Å². The zero-order valence-corrected chi connectivity index (χ0v) is 13.1. The van der Waals surface area contributed by atoms with Gasteiger partial charge in [-0.05, 0) is 19.8 Å². The van der Waals surface area contributed by atoms with E-state index in [0.29, 0.717) is 6.61 Å². The molecule has 1 aromatic heterocycles. The number of fused-ring (bicyclic) bond motifs is 1. The second-order valence-corrected chi connectivity index (χ2v) is 6.12. The topological polar surface area (TPSA) is 66.2 Å². The van der Waals surface area contributed by atoms with Crippen LogP contribution >= 0.6 is 22.6 Å². The molecule has 3 heterocycles. The molecule has 1 aromatic rings. The van der Waals surface area contributed by atoms with Gasteiger partial charge in [-0.3, -0.25) is 9.48 Å². The highest BCUT2D eigenvalue weighted by Gasteiger charge is 2.72. The Morgan fingerprint density at radius 1 is 1.68 bits per heavy atom. The number of hydrogen-bond donors (Lipinski definition) is 0. The van der Waals surface area contributed by atoms with Crippen molar-refractivity contribution >= 4 is 28.6 Å². The molecule has 4 rings (SSSR count). The van der Waals surface area contributed by atoms with Crippen LogP contribution in [0.15, 0.2) is 6.20 Å². The maximum absolute atomic E-state index is 12.3. The summed E-state index contributed by atoms with van der Waals surface area (Å²) < 4.78 is 13.9. The number of carbonyl (C=O) groups excluding carboxylic acids is 1. The smallest absolute Gasteiger partial charge is 0.315 e. The highest BCUT2D eigenvalue weighted by atomic mass is 127. The maximum Gasteiger partial charge on any atom is 0.315 e. The summed E-state index contributed by atoms with van der Waals surface area (Å²) in [5.41, 5.74) is -0.0213. The fraction of sp³-hybridized carbons (Fsp3) is 0.750. The summed E-state index contributed by atoms with van der Waals surface area (Å²) in [5, 5.41) is 8.04. The number of rotatable bonds is 4. The lowest BCUT2D eigenvalue weighted by Gasteiger charge is -2.42. The van der Waals surface area contributed by atoms with Gasteiger partial charge in [0.1, 0.15) is 17.2 Å². The van der Waals surface area contributed by atoms with Crippen LogP contribution in [0, 0.1) is 5.41 Å². The van der Waals surface area contributed by atoms with E-state index in [9.17, 15) is 4.79 Å². The van der Waals surface area contributed by atoms with Gasteiger partial charge in [-0.2, -0.15) is 0 Å². The van der Waals surface area contributed by atoms with Gasteiger partial charge in [0.15, 0.2) is 0 Å². The minimum atomic E-state index is -0.558. The predicted octanol–water partition coefficient (Wildman–Crippen LogP) is 1.40. The van der Waals surface area contributed by atoms with Crippen molar-refractivity contribution in [1.82, 2.24) is 15.0 Å². The van der Waals surface area contributed by atoms with E-state index in [1.54, 1.807) is 11.7 Å². The van der Waals surface area contributed by atoms with Crippen molar-refractivity contribution in [3.8, 4) is 0 Å². The van der Waals surface area contributed by atoms with Gasteiger partial charge in [-0.15, -0.1) is 5.10 Å². The minimum absolute atomic E-state index is 0.163. The van der Waals surface area contributed by atoms with Gasteiger partial charge in [0.05, 0.1) is 18.4 Å². The molecule has 7 heteroatoms. The highest BCUT2D eigenvalue weighted by Crippen LogP contribution is 2.67. The second kappa shape index (κ2) is 4.41. The summed E-state index contributed by atoms with van der Waals surface area (Å²) in [6, 6.07) is 0. The minimum Gasteiger partial charge on any atom is -0.465 e. The third-order valence-electron chi connectivity index (χ3n) is 3.96. The van der Waals surface area contributed by atoms with E-state index < -0.39 is 5.41 Å². The first kappa shape index (κ1) is 13.3. The lowest BCUT2D eigenvalue weighted by molar-refractivity contribution is -0.161. The Labute approximate surface area is 125 Å². The van der Waals surface area contributed by atoms with Crippen LogP contribution in [0.4, 0.5) is 0 Å². The van der Waals surface area contributed by atoms with Gasteiger partial charge in [0.2, 0.25) is 0 Å². The van der Waals surface area contributed by atoms with E-state index in [1.807, 2.05) is 13.1 Å². The van der Waals surface area contributed by atoms with Gasteiger partial charge in [-0.25, -0.2) is 0 Å². The van der Waals surface area contributed by atoms with Crippen molar-refractivity contribution in [2.24, 2.45) is 12.5 Å². The molecule has 1 atom stereocenters. The fourth-order valence-corrected chi connectivity index (χ4v) is 3.93. The molecule has 0 radical (unpaired) electrons. The molecular weight excluding hydrogens is 361 g/mol. The van der Waals surface area contributed by atoms with Crippen LogP contribution in [-0.2, 0) is 21.3 Å². The lowest BCUT2D eigenvalue weighted by Crippen LogP contribution is -2.50. The average molecular weight is 377 g/mol. The van der Waals surface area contributed by atoms with Crippen molar-refractivity contribution in [3.05, 3.63) is 11.9 Å². The third kappa shape index (κ3) is 1.81. The van der Waals surface area contributed by atoms with Crippen LogP contribution < -0.4 is 0 Å². The van der Waals surface area contributed by atoms with Crippen molar-refractivity contribution in [2.75, 3.05) is 11.0 Å². The van der Waals surface area contributed by atoms with E-state index in [4.69, 9.17) is 9.47 Å².